The highest BCUT2D eigenvalue weighted by Gasteiger charge is 2.17. The summed E-state index contributed by atoms with van der Waals surface area (Å²) in [5.41, 5.74) is 3.08. The Hall–Kier alpha value is -3.29. The molecular weight excluding hydrogens is 346 g/mol. The summed E-state index contributed by atoms with van der Waals surface area (Å²) >= 11 is 0. The van der Waals surface area contributed by atoms with Gasteiger partial charge in [-0.15, -0.1) is 0 Å². The van der Waals surface area contributed by atoms with Crippen molar-refractivity contribution in [1.82, 2.24) is 9.88 Å². The highest BCUT2D eigenvalue weighted by molar-refractivity contribution is 5.45. The average Bonchev–Trinajstić information content (AvgIpc) is 2.74. The van der Waals surface area contributed by atoms with E-state index in [4.69, 9.17) is 0 Å². The van der Waals surface area contributed by atoms with E-state index in [0.717, 1.165) is 49.7 Å². The van der Waals surface area contributed by atoms with Gasteiger partial charge in [-0.25, -0.2) is 4.98 Å². The van der Waals surface area contributed by atoms with Gasteiger partial charge >= 0.3 is 0 Å². The van der Waals surface area contributed by atoms with E-state index in [0.29, 0.717) is 0 Å². The van der Waals surface area contributed by atoms with Crippen LogP contribution in [-0.4, -0.2) is 41.2 Å². The molecule has 0 saturated carbocycles. The molecule has 0 unspecified atom stereocenters. The van der Waals surface area contributed by atoms with Crippen molar-refractivity contribution in [1.29, 1.82) is 0 Å². The molecule has 1 N–H and O–H groups in total. The zero-order valence-electron chi connectivity index (χ0n) is 15.8. The number of hydrogen-bond donors (Lipinski definition) is 1. The average molecular weight is 369 g/mol. The van der Waals surface area contributed by atoms with Crippen molar-refractivity contribution in [3.8, 4) is 17.6 Å². The number of piperazine rings is 1. The van der Waals surface area contributed by atoms with Gasteiger partial charge < -0.3 is 10.0 Å². The van der Waals surface area contributed by atoms with Gasteiger partial charge in [0.05, 0.1) is 0 Å². The summed E-state index contributed by atoms with van der Waals surface area (Å²) in [5.74, 6) is 7.62. The Morgan fingerprint density at radius 1 is 0.821 bits per heavy atom. The van der Waals surface area contributed by atoms with Crippen LogP contribution in [0.2, 0.25) is 0 Å². The van der Waals surface area contributed by atoms with Gasteiger partial charge in [-0.05, 0) is 48.0 Å². The Bertz CT molecular complexity index is 983. The van der Waals surface area contributed by atoms with Crippen LogP contribution in [0.3, 0.4) is 0 Å². The normalized spacial score (nSPS) is 14.4. The van der Waals surface area contributed by atoms with Crippen molar-refractivity contribution in [2.24, 2.45) is 0 Å². The first-order valence-corrected chi connectivity index (χ1v) is 9.55. The number of aromatic hydroxyl groups is 1. The third kappa shape index (κ3) is 4.70. The molecule has 0 amide bonds. The Labute approximate surface area is 166 Å². The molecule has 4 heteroatoms. The fourth-order valence-electron chi connectivity index (χ4n) is 3.41. The maximum absolute atomic E-state index is 9.55. The summed E-state index contributed by atoms with van der Waals surface area (Å²) in [4.78, 5) is 9.26. The fraction of sp³-hybridized carbons (Fsp3) is 0.208. The summed E-state index contributed by atoms with van der Waals surface area (Å²) < 4.78 is 0. The molecule has 28 heavy (non-hydrogen) atoms. The molecule has 0 radical (unpaired) electrons. The van der Waals surface area contributed by atoms with E-state index in [2.05, 4.69) is 50.9 Å². The molecule has 0 spiro atoms. The minimum Gasteiger partial charge on any atom is -0.508 e. The summed E-state index contributed by atoms with van der Waals surface area (Å²) in [5, 5.41) is 9.55. The van der Waals surface area contributed by atoms with Gasteiger partial charge in [0.15, 0.2) is 0 Å². The zero-order chi connectivity index (χ0) is 19.2. The molecule has 1 aromatic heterocycles. The number of phenols is 1. The van der Waals surface area contributed by atoms with Crippen molar-refractivity contribution in [2.75, 3.05) is 31.1 Å². The van der Waals surface area contributed by atoms with Crippen LogP contribution in [0.25, 0.3) is 0 Å². The molecule has 0 bridgehead atoms. The Morgan fingerprint density at radius 3 is 2.29 bits per heavy atom. The number of benzene rings is 2. The molecule has 1 fully saturated rings. The number of rotatable bonds is 3. The van der Waals surface area contributed by atoms with Gasteiger partial charge in [0.1, 0.15) is 11.6 Å². The van der Waals surface area contributed by atoms with Gasteiger partial charge in [-0.2, -0.15) is 0 Å². The fourth-order valence-corrected chi connectivity index (χ4v) is 3.41. The van der Waals surface area contributed by atoms with Crippen LogP contribution in [0.15, 0.2) is 72.9 Å². The lowest BCUT2D eigenvalue weighted by Crippen LogP contribution is -2.46. The smallest absolute Gasteiger partial charge is 0.128 e. The maximum Gasteiger partial charge on any atom is 0.128 e. The summed E-state index contributed by atoms with van der Waals surface area (Å²) in [6.45, 7) is 4.96. The van der Waals surface area contributed by atoms with E-state index in [1.165, 1.54) is 5.56 Å². The van der Waals surface area contributed by atoms with Crippen molar-refractivity contribution in [3.63, 3.8) is 0 Å². The second-order valence-electron chi connectivity index (χ2n) is 6.95. The minimum atomic E-state index is 0.241. The quantitative estimate of drug-likeness (QED) is 0.717. The lowest BCUT2D eigenvalue weighted by atomic mass is 10.1. The largest absolute Gasteiger partial charge is 0.508 e. The minimum absolute atomic E-state index is 0.241. The van der Waals surface area contributed by atoms with Crippen LogP contribution in [0.1, 0.15) is 16.7 Å². The standard InChI is InChI=1S/C24H23N3O/c28-23-8-4-6-21(18-23)11-10-20-5-3-7-22(17-20)19-26-13-15-27(16-14-26)24-9-1-2-12-25-24/h1-9,12,17-18,28H,13-16,19H2. The highest BCUT2D eigenvalue weighted by Crippen LogP contribution is 2.15. The predicted molar refractivity (Wildman–Crippen MR) is 112 cm³/mol. The summed E-state index contributed by atoms with van der Waals surface area (Å²) in [7, 11) is 0. The monoisotopic (exact) mass is 369 g/mol. The Balaban J connectivity index is 1.37. The molecule has 1 saturated heterocycles. The molecule has 2 aromatic carbocycles. The van der Waals surface area contributed by atoms with E-state index in [1.807, 2.05) is 30.5 Å². The molecule has 1 aliphatic rings. The number of hydrogen-bond acceptors (Lipinski definition) is 4. The van der Waals surface area contributed by atoms with Gasteiger partial charge in [-0.3, -0.25) is 4.90 Å². The molecule has 0 aliphatic carbocycles. The van der Waals surface area contributed by atoms with Gasteiger partial charge in [0.2, 0.25) is 0 Å². The maximum atomic E-state index is 9.55. The van der Waals surface area contributed by atoms with Crippen molar-refractivity contribution in [3.05, 3.63) is 89.6 Å². The van der Waals surface area contributed by atoms with Crippen LogP contribution in [0.5, 0.6) is 5.75 Å². The molecule has 4 nitrogen and oxygen atoms in total. The van der Waals surface area contributed by atoms with Gasteiger partial charge in [0.25, 0.3) is 0 Å². The van der Waals surface area contributed by atoms with Crippen molar-refractivity contribution in [2.45, 2.75) is 6.54 Å². The third-order valence-electron chi connectivity index (χ3n) is 4.88. The second-order valence-corrected chi connectivity index (χ2v) is 6.95. The summed E-state index contributed by atoms with van der Waals surface area (Å²) in [6, 6.07) is 21.5. The number of nitrogens with zero attached hydrogens (tertiary/aromatic N) is 3. The molecular formula is C24H23N3O. The molecule has 2 heterocycles. The van der Waals surface area contributed by atoms with E-state index in [9.17, 15) is 5.11 Å². The predicted octanol–water partition coefficient (Wildman–Crippen LogP) is 3.51. The SMILES string of the molecule is Oc1cccc(C#Cc2cccc(CN3CCN(c4ccccn4)CC3)c2)c1. The molecule has 1 aliphatic heterocycles. The Morgan fingerprint density at radius 2 is 1.57 bits per heavy atom. The van der Waals surface area contributed by atoms with E-state index in [-0.39, 0.29) is 5.75 Å². The Kier molecular flexibility index (Phi) is 5.56. The highest BCUT2D eigenvalue weighted by atomic mass is 16.3. The van der Waals surface area contributed by atoms with Crippen LogP contribution in [0, 0.1) is 11.8 Å². The van der Waals surface area contributed by atoms with Crippen LogP contribution in [-0.2, 0) is 6.54 Å². The second kappa shape index (κ2) is 8.60. The number of phenolic OH excluding ortho intramolecular Hbond substituents is 1. The molecule has 3 aromatic rings. The van der Waals surface area contributed by atoms with Crippen molar-refractivity contribution >= 4 is 5.82 Å². The first kappa shape index (κ1) is 18.1. The number of anilines is 1. The van der Waals surface area contributed by atoms with Crippen LogP contribution < -0.4 is 4.90 Å². The molecule has 0 atom stereocenters. The topological polar surface area (TPSA) is 39.6 Å². The van der Waals surface area contributed by atoms with E-state index < -0.39 is 0 Å². The lowest BCUT2D eigenvalue weighted by molar-refractivity contribution is 0.249. The third-order valence-corrected chi connectivity index (χ3v) is 4.88. The van der Waals surface area contributed by atoms with Gasteiger partial charge in [-0.1, -0.05) is 36.1 Å². The summed E-state index contributed by atoms with van der Waals surface area (Å²) in [6.07, 6.45) is 1.85. The first-order chi connectivity index (χ1) is 13.8. The molecule has 4 rings (SSSR count). The van der Waals surface area contributed by atoms with Crippen molar-refractivity contribution < 1.29 is 5.11 Å². The van der Waals surface area contributed by atoms with Crippen LogP contribution in [0.4, 0.5) is 5.82 Å². The van der Waals surface area contributed by atoms with Crippen LogP contribution >= 0.6 is 0 Å². The van der Waals surface area contributed by atoms with E-state index >= 15 is 0 Å². The number of aromatic nitrogens is 1. The van der Waals surface area contributed by atoms with Gasteiger partial charge in [0, 0.05) is 50.0 Å². The zero-order valence-corrected chi connectivity index (χ0v) is 15.8. The first-order valence-electron chi connectivity index (χ1n) is 9.55. The molecule has 140 valence electrons. The number of pyridine rings is 1. The lowest BCUT2D eigenvalue weighted by Gasteiger charge is -2.35. The van der Waals surface area contributed by atoms with E-state index in [1.54, 1.807) is 18.2 Å².